The third-order valence-electron chi connectivity index (χ3n) is 4.00. The van der Waals surface area contributed by atoms with E-state index in [0.29, 0.717) is 19.5 Å². The number of hydrogen-bond donors (Lipinski definition) is 2. The maximum absolute atomic E-state index is 12.4. The summed E-state index contributed by atoms with van der Waals surface area (Å²) in [5.41, 5.74) is 1.68. The third-order valence-corrected chi connectivity index (χ3v) is 5.58. The number of carbonyl (C=O) groups excluding carboxylic acids is 1. The molecule has 6 nitrogen and oxygen atoms in total. The van der Waals surface area contributed by atoms with E-state index >= 15 is 0 Å². The second-order valence-electron chi connectivity index (χ2n) is 5.85. The zero-order chi connectivity index (χ0) is 17.0. The van der Waals surface area contributed by atoms with Crippen molar-refractivity contribution in [3.63, 3.8) is 0 Å². The van der Waals surface area contributed by atoms with Gasteiger partial charge in [0, 0.05) is 24.8 Å². The van der Waals surface area contributed by atoms with Crippen molar-refractivity contribution in [2.24, 2.45) is 0 Å². The van der Waals surface area contributed by atoms with Crippen LogP contribution in [0.1, 0.15) is 39.2 Å². The highest BCUT2D eigenvalue weighted by Crippen LogP contribution is 2.30. The Morgan fingerprint density at radius 1 is 1.35 bits per heavy atom. The lowest BCUT2D eigenvalue weighted by Crippen LogP contribution is -2.39. The first kappa shape index (κ1) is 17.7. The predicted molar refractivity (Wildman–Crippen MR) is 91.3 cm³/mol. The summed E-state index contributed by atoms with van der Waals surface area (Å²) in [7, 11) is -3.51. The van der Waals surface area contributed by atoms with Crippen molar-refractivity contribution in [3.05, 3.63) is 23.8 Å². The lowest BCUT2D eigenvalue weighted by atomic mass is 10.2. The SMILES string of the molecule is CCCNC(=O)N1CCc2cc(S(=O)(=O)N[C@@H](C)CC)ccc21. The van der Waals surface area contributed by atoms with Crippen molar-refractivity contribution in [3.8, 4) is 0 Å². The number of urea groups is 1. The van der Waals surface area contributed by atoms with Crippen molar-refractivity contribution in [2.45, 2.75) is 51.0 Å². The molecule has 0 saturated carbocycles. The molecule has 7 heteroatoms. The fourth-order valence-electron chi connectivity index (χ4n) is 2.50. The average Bonchev–Trinajstić information content (AvgIpc) is 2.95. The van der Waals surface area contributed by atoms with Gasteiger partial charge in [0.1, 0.15) is 0 Å². The highest BCUT2D eigenvalue weighted by molar-refractivity contribution is 7.89. The molecule has 2 N–H and O–H groups in total. The fourth-order valence-corrected chi connectivity index (χ4v) is 3.88. The molecule has 0 aromatic heterocycles. The van der Waals surface area contributed by atoms with E-state index in [0.717, 1.165) is 24.1 Å². The van der Waals surface area contributed by atoms with Crippen LogP contribution in [0.2, 0.25) is 0 Å². The Morgan fingerprint density at radius 2 is 2.09 bits per heavy atom. The maximum atomic E-state index is 12.4. The molecule has 0 bridgehead atoms. The Morgan fingerprint density at radius 3 is 2.74 bits per heavy atom. The van der Waals surface area contributed by atoms with Gasteiger partial charge in [0.25, 0.3) is 0 Å². The largest absolute Gasteiger partial charge is 0.338 e. The van der Waals surface area contributed by atoms with Gasteiger partial charge >= 0.3 is 6.03 Å². The van der Waals surface area contributed by atoms with Gasteiger partial charge < -0.3 is 5.32 Å². The van der Waals surface area contributed by atoms with E-state index in [-0.39, 0.29) is 17.0 Å². The van der Waals surface area contributed by atoms with Gasteiger partial charge in [-0.2, -0.15) is 0 Å². The Bertz CT molecular complexity index is 673. The number of anilines is 1. The molecule has 1 aliphatic rings. The van der Waals surface area contributed by atoms with Gasteiger partial charge in [0.15, 0.2) is 0 Å². The molecular formula is C16H25N3O3S. The molecule has 128 valence electrons. The number of amides is 2. The second-order valence-corrected chi connectivity index (χ2v) is 7.57. The minimum absolute atomic E-state index is 0.107. The predicted octanol–water partition coefficient (Wildman–Crippen LogP) is 2.25. The van der Waals surface area contributed by atoms with Crippen LogP contribution in [0.15, 0.2) is 23.1 Å². The molecular weight excluding hydrogens is 314 g/mol. The zero-order valence-corrected chi connectivity index (χ0v) is 14.7. The zero-order valence-electron chi connectivity index (χ0n) is 13.9. The Labute approximate surface area is 138 Å². The van der Waals surface area contributed by atoms with E-state index in [1.807, 2.05) is 20.8 Å². The monoisotopic (exact) mass is 339 g/mol. The molecule has 23 heavy (non-hydrogen) atoms. The summed E-state index contributed by atoms with van der Waals surface area (Å²) in [5, 5.41) is 2.85. The van der Waals surface area contributed by atoms with Crippen molar-refractivity contribution >= 4 is 21.7 Å². The number of sulfonamides is 1. The summed E-state index contributed by atoms with van der Waals surface area (Å²) in [5.74, 6) is 0. The number of nitrogens with one attached hydrogen (secondary N) is 2. The van der Waals surface area contributed by atoms with Gasteiger partial charge in [-0.15, -0.1) is 0 Å². The number of hydrogen-bond acceptors (Lipinski definition) is 3. The third kappa shape index (κ3) is 4.03. The molecule has 0 spiro atoms. The number of carbonyl (C=O) groups is 1. The van der Waals surface area contributed by atoms with Crippen LogP contribution in [0, 0.1) is 0 Å². The van der Waals surface area contributed by atoms with Gasteiger partial charge in [-0.3, -0.25) is 4.90 Å². The minimum Gasteiger partial charge on any atom is -0.338 e. The minimum atomic E-state index is -3.51. The van der Waals surface area contributed by atoms with Crippen molar-refractivity contribution in [2.75, 3.05) is 18.0 Å². The fraction of sp³-hybridized carbons (Fsp3) is 0.562. The standard InChI is InChI=1S/C16H25N3O3S/c1-4-9-17-16(20)19-10-8-13-11-14(6-7-15(13)19)23(21,22)18-12(3)5-2/h6-7,11-12,18H,4-5,8-10H2,1-3H3,(H,17,20)/t12-/m0/s1. The normalized spacial score (nSPS) is 15.3. The summed E-state index contributed by atoms with van der Waals surface area (Å²) < 4.78 is 27.4. The summed E-state index contributed by atoms with van der Waals surface area (Å²) in [4.78, 5) is 14.0. The molecule has 0 aliphatic carbocycles. The highest BCUT2D eigenvalue weighted by Gasteiger charge is 2.26. The first-order chi connectivity index (χ1) is 10.9. The van der Waals surface area contributed by atoms with Gasteiger partial charge in [0.05, 0.1) is 4.90 Å². The van der Waals surface area contributed by atoms with Crippen LogP contribution in [0.25, 0.3) is 0 Å². The quantitative estimate of drug-likeness (QED) is 0.834. The highest BCUT2D eigenvalue weighted by atomic mass is 32.2. The number of nitrogens with zero attached hydrogens (tertiary/aromatic N) is 1. The lowest BCUT2D eigenvalue weighted by Gasteiger charge is -2.18. The van der Waals surface area contributed by atoms with E-state index in [2.05, 4.69) is 10.0 Å². The van der Waals surface area contributed by atoms with Crippen LogP contribution in [0.3, 0.4) is 0 Å². The number of rotatable bonds is 6. The molecule has 2 rings (SSSR count). The summed E-state index contributed by atoms with van der Waals surface area (Å²) in [6.07, 6.45) is 2.28. The molecule has 0 fully saturated rings. The van der Waals surface area contributed by atoms with Gasteiger partial charge in [0.2, 0.25) is 10.0 Å². The smallest absolute Gasteiger partial charge is 0.321 e. The summed E-state index contributed by atoms with van der Waals surface area (Å²) in [6.45, 7) is 6.98. The molecule has 0 unspecified atom stereocenters. The van der Waals surface area contributed by atoms with Crippen LogP contribution < -0.4 is 14.9 Å². The van der Waals surface area contributed by atoms with Crippen molar-refractivity contribution in [1.29, 1.82) is 0 Å². The van der Waals surface area contributed by atoms with Crippen LogP contribution in [-0.2, 0) is 16.4 Å². The first-order valence-electron chi connectivity index (χ1n) is 8.09. The lowest BCUT2D eigenvalue weighted by molar-refractivity contribution is 0.247. The molecule has 0 radical (unpaired) electrons. The van der Waals surface area contributed by atoms with Crippen molar-refractivity contribution in [1.82, 2.24) is 10.0 Å². The first-order valence-corrected chi connectivity index (χ1v) is 9.58. The molecule has 1 aromatic rings. The van der Waals surface area contributed by atoms with Crippen LogP contribution >= 0.6 is 0 Å². The molecule has 1 atom stereocenters. The summed E-state index contributed by atoms with van der Waals surface area (Å²) >= 11 is 0. The molecule has 2 amide bonds. The Kier molecular flexibility index (Phi) is 5.64. The Balaban J connectivity index is 2.20. The second kappa shape index (κ2) is 7.31. The average molecular weight is 339 g/mol. The van der Waals surface area contributed by atoms with Gasteiger partial charge in [-0.1, -0.05) is 13.8 Å². The molecule has 1 aliphatic heterocycles. The Hall–Kier alpha value is -1.60. The topological polar surface area (TPSA) is 78.5 Å². The van der Waals surface area contributed by atoms with E-state index in [1.54, 1.807) is 23.1 Å². The van der Waals surface area contributed by atoms with Crippen molar-refractivity contribution < 1.29 is 13.2 Å². The van der Waals surface area contributed by atoms with Crippen LogP contribution in [0.5, 0.6) is 0 Å². The molecule has 0 saturated heterocycles. The maximum Gasteiger partial charge on any atom is 0.321 e. The van der Waals surface area contributed by atoms with Crippen LogP contribution in [0.4, 0.5) is 10.5 Å². The van der Waals surface area contributed by atoms with Gasteiger partial charge in [-0.25, -0.2) is 17.9 Å². The summed E-state index contributed by atoms with van der Waals surface area (Å²) in [6, 6.07) is 4.73. The van der Waals surface area contributed by atoms with E-state index in [9.17, 15) is 13.2 Å². The molecule has 1 heterocycles. The number of fused-ring (bicyclic) bond motifs is 1. The van der Waals surface area contributed by atoms with E-state index in [4.69, 9.17) is 0 Å². The molecule has 1 aromatic carbocycles. The van der Waals surface area contributed by atoms with Crippen LogP contribution in [-0.4, -0.2) is 33.6 Å². The van der Waals surface area contributed by atoms with E-state index in [1.165, 1.54) is 0 Å². The van der Waals surface area contributed by atoms with Gasteiger partial charge in [-0.05, 0) is 49.9 Å². The van der Waals surface area contributed by atoms with E-state index < -0.39 is 10.0 Å². The number of benzene rings is 1.